The van der Waals surface area contributed by atoms with Crippen LogP contribution in [0.15, 0.2) is 51.5 Å². The number of nitrogens with two attached hydrogens (primary N) is 1. The Morgan fingerprint density at radius 1 is 1.19 bits per heavy atom. The van der Waals surface area contributed by atoms with Gasteiger partial charge < -0.3 is 10.3 Å². The number of anilines is 1. The molecule has 3 aromatic rings. The van der Waals surface area contributed by atoms with E-state index in [-0.39, 0.29) is 0 Å². The Bertz CT molecular complexity index is 768. The number of aromatic nitrogens is 2. The summed E-state index contributed by atoms with van der Waals surface area (Å²) in [6.07, 6.45) is 0.563. The minimum atomic E-state index is 0.444. The molecule has 21 heavy (non-hydrogen) atoms. The third-order valence-electron chi connectivity index (χ3n) is 2.89. The van der Waals surface area contributed by atoms with Gasteiger partial charge in [-0.1, -0.05) is 44.8 Å². The van der Waals surface area contributed by atoms with E-state index in [9.17, 15) is 0 Å². The lowest BCUT2D eigenvalue weighted by Crippen LogP contribution is -1.91. The predicted octanol–water partition coefficient (Wildman–Crippen LogP) is 4.33. The fourth-order valence-corrected chi connectivity index (χ4v) is 2.73. The van der Waals surface area contributed by atoms with Crippen molar-refractivity contribution in [2.75, 3.05) is 5.73 Å². The van der Waals surface area contributed by atoms with Crippen LogP contribution in [0, 0.1) is 0 Å². The van der Waals surface area contributed by atoms with Gasteiger partial charge >= 0.3 is 0 Å². The molecule has 0 aliphatic rings. The zero-order valence-electron chi connectivity index (χ0n) is 10.9. The summed E-state index contributed by atoms with van der Waals surface area (Å²) >= 11 is 9.36. The summed E-state index contributed by atoms with van der Waals surface area (Å²) < 4.78 is 6.16. The Balaban J connectivity index is 1.86. The van der Waals surface area contributed by atoms with Crippen LogP contribution >= 0.6 is 27.5 Å². The largest absolute Gasteiger partial charge is 0.399 e. The molecule has 0 saturated heterocycles. The molecule has 2 N–H and O–H groups in total. The Morgan fingerprint density at radius 3 is 2.81 bits per heavy atom. The van der Waals surface area contributed by atoms with Crippen molar-refractivity contribution >= 4 is 33.2 Å². The van der Waals surface area contributed by atoms with E-state index in [1.54, 1.807) is 6.07 Å². The molecule has 0 radical (unpaired) electrons. The summed E-state index contributed by atoms with van der Waals surface area (Å²) in [6.45, 7) is 0. The molecule has 0 bridgehead atoms. The third kappa shape index (κ3) is 3.43. The lowest BCUT2D eigenvalue weighted by atomic mass is 10.1. The first-order valence-electron chi connectivity index (χ1n) is 6.23. The molecular weight excluding hydrogens is 354 g/mol. The average molecular weight is 365 g/mol. The fraction of sp³-hybridized carbons (Fsp3) is 0.0667. The van der Waals surface area contributed by atoms with Crippen LogP contribution in [0.5, 0.6) is 0 Å². The maximum Gasteiger partial charge on any atom is 0.258 e. The third-order valence-corrected chi connectivity index (χ3v) is 3.58. The average Bonchev–Trinajstić information content (AvgIpc) is 2.86. The van der Waals surface area contributed by atoms with Crippen LogP contribution in [0.1, 0.15) is 11.4 Å². The highest BCUT2D eigenvalue weighted by molar-refractivity contribution is 9.10. The van der Waals surface area contributed by atoms with Crippen LogP contribution in [0.2, 0.25) is 5.02 Å². The zero-order chi connectivity index (χ0) is 14.8. The molecule has 0 saturated carbocycles. The zero-order valence-corrected chi connectivity index (χ0v) is 13.2. The Hall–Kier alpha value is -1.85. The molecule has 1 heterocycles. The Labute approximate surface area is 135 Å². The lowest BCUT2D eigenvalue weighted by molar-refractivity contribution is 0.424. The van der Waals surface area contributed by atoms with Crippen molar-refractivity contribution in [3.8, 4) is 11.5 Å². The minimum Gasteiger partial charge on any atom is -0.399 e. The van der Waals surface area contributed by atoms with Crippen molar-refractivity contribution < 1.29 is 4.52 Å². The first kappa shape index (κ1) is 14.1. The molecule has 0 unspecified atom stereocenters. The normalized spacial score (nSPS) is 10.8. The second-order valence-electron chi connectivity index (χ2n) is 4.60. The molecule has 0 spiro atoms. The van der Waals surface area contributed by atoms with Crippen LogP contribution in [0.4, 0.5) is 5.69 Å². The molecule has 0 fully saturated rings. The van der Waals surface area contributed by atoms with Gasteiger partial charge in [0.2, 0.25) is 0 Å². The van der Waals surface area contributed by atoms with E-state index in [0.717, 1.165) is 15.6 Å². The number of nitrogen functional groups attached to an aromatic ring is 1. The topological polar surface area (TPSA) is 64.9 Å². The van der Waals surface area contributed by atoms with E-state index in [4.69, 9.17) is 21.9 Å². The standard InChI is InChI=1S/C15H11BrClN3O/c16-11-6-10(7-13(18)8-11)15-19-14(20-21-15)5-9-2-1-3-12(17)4-9/h1-4,6-8H,5,18H2. The van der Waals surface area contributed by atoms with Gasteiger partial charge in [-0.15, -0.1) is 0 Å². The van der Waals surface area contributed by atoms with Crippen LogP contribution in [0.25, 0.3) is 11.5 Å². The monoisotopic (exact) mass is 363 g/mol. The van der Waals surface area contributed by atoms with E-state index >= 15 is 0 Å². The van der Waals surface area contributed by atoms with Gasteiger partial charge in [0.1, 0.15) is 0 Å². The predicted molar refractivity (Wildman–Crippen MR) is 86.1 cm³/mol. The van der Waals surface area contributed by atoms with E-state index in [0.29, 0.717) is 28.8 Å². The number of rotatable bonds is 3. The van der Waals surface area contributed by atoms with Gasteiger partial charge in [0, 0.05) is 27.2 Å². The van der Waals surface area contributed by atoms with Gasteiger partial charge in [0.25, 0.3) is 5.89 Å². The molecule has 0 aliphatic heterocycles. The van der Waals surface area contributed by atoms with Crippen LogP contribution in [0.3, 0.4) is 0 Å². The molecular formula is C15H11BrClN3O. The maximum atomic E-state index is 5.96. The molecule has 2 aromatic carbocycles. The molecule has 3 rings (SSSR count). The second kappa shape index (κ2) is 5.87. The van der Waals surface area contributed by atoms with Gasteiger partial charge in [0.05, 0.1) is 0 Å². The van der Waals surface area contributed by atoms with Gasteiger partial charge in [-0.25, -0.2) is 0 Å². The Kier molecular flexibility index (Phi) is 3.94. The fourth-order valence-electron chi connectivity index (χ4n) is 2.01. The van der Waals surface area contributed by atoms with Gasteiger partial charge in [-0.3, -0.25) is 0 Å². The molecule has 0 aliphatic carbocycles. The van der Waals surface area contributed by atoms with Crippen molar-refractivity contribution in [1.29, 1.82) is 0 Å². The molecule has 106 valence electrons. The quantitative estimate of drug-likeness (QED) is 0.703. The molecule has 1 aromatic heterocycles. The lowest BCUT2D eigenvalue weighted by Gasteiger charge is -1.98. The number of halogens is 2. The van der Waals surface area contributed by atoms with E-state index in [1.807, 2.05) is 36.4 Å². The van der Waals surface area contributed by atoms with Gasteiger partial charge in [-0.05, 0) is 35.9 Å². The highest BCUT2D eigenvalue weighted by Crippen LogP contribution is 2.25. The number of hydrogen-bond acceptors (Lipinski definition) is 4. The number of nitrogens with zero attached hydrogens (tertiary/aromatic N) is 2. The van der Waals surface area contributed by atoms with E-state index in [1.165, 1.54) is 0 Å². The highest BCUT2D eigenvalue weighted by atomic mass is 79.9. The number of benzene rings is 2. The summed E-state index contributed by atoms with van der Waals surface area (Å²) in [6, 6.07) is 13.1. The summed E-state index contributed by atoms with van der Waals surface area (Å²) in [5.74, 6) is 1.05. The Morgan fingerprint density at radius 2 is 2.05 bits per heavy atom. The first-order valence-corrected chi connectivity index (χ1v) is 7.41. The molecule has 0 atom stereocenters. The van der Waals surface area contributed by atoms with Crippen LogP contribution in [-0.2, 0) is 6.42 Å². The smallest absolute Gasteiger partial charge is 0.258 e. The van der Waals surface area contributed by atoms with Gasteiger partial charge in [0.15, 0.2) is 5.82 Å². The van der Waals surface area contributed by atoms with Crippen molar-refractivity contribution in [2.24, 2.45) is 0 Å². The summed E-state index contributed by atoms with van der Waals surface area (Å²) in [4.78, 5) is 4.39. The minimum absolute atomic E-state index is 0.444. The highest BCUT2D eigenvalue weighted by Gasteiger charge is 2.10. The van der Waals surface area contributed by atoms with E-state index < -0.39 is 0 Å². The summed E-state index contributed by atoms with van der Waals surface area (Å²) in [5, 5.41) is 4.68. The van der Waals surface area contributed by atoms with E-state index in [2.05, 4.69) is 26.1 Å². The van der Waals surface area contributed by atoms with Crippen molar-refractivity contribution in [3.05, 3.63) is 63.3 Å². The van der Waals surface area contributed by atoms with Crippen molar-refractivity contribution in [2.45, 2.75) is 6.42 Å². The van der Waals surface area contributed by atoms with Crippen LogP contribution < -0.4 is 5.73 Å². The second-order valence-corrected chi connectivity index (χ2v) is 5.95. The van der Waals surface area contributed by atoms with Crippen LogP contribution in [-0.4, -0.2) is 10.1 Å². The molecule has 0 amide bonds. The van der Waals surface area contributed by atoms with Gasteiger partial charge in [-0.2, -0.15) is 4.98 Å². The SMILES string of the molecule is Nc1cc(Br)cc(-c2nc(Cc3cccc(Cl)c3)no2)c1. The molecule has 6 heteroatoms. The van der Waals surface area contributed by atoms with Crippen molar-refractivity contribution in [3.63, 3.8) is 0 Å². The first-order chi connectivity index (χ1) is 10.1. The summed E-state index contributed by atoms with van der Waals surface area (Å²) in [7, 11) is 0. The maximum absolute atomic E-state index is 5.96. The molecule has 4 nitrogen and oxygen atoms in total. The number of hydrogen-bond donors (Lipinski definition) is 1. The summed E-state index contributed by atoms with van der Waals surface area (Å²) in [5.41, 5.74) is 8.26. The van der Waals surface area contributed by atoms with Crippen molar-refractivity contribution in [1.82, 2.24) is 10.1 Å².